The van der Waals surface area contributed by atoms with Crippen molar-refractivity contribution in [1.82, 2.24) is 20.2 Å². The van der Waals surface area contributed by atoms with E-state index in [4.69, 9.17) is 19.4 Å². The summed E-state index contributed by atoms with van der Waals surface area (Å²) in [5, 5.41) is 12.5. The zero-order valence-corrected chi connectivity index (χ0v) is 17.5. The van der Waals surface area contributed by atoms with Crippen LogP contribution >= 0.6 is 11.8 Å². The smallest absolute Gasteiger partial charge is 0.195 e. The number of rotatable bonds is 7. The number of hydrogen-bond donors (Lipinski definition) is 2. The predicted octanol–water partition coefficient (Wildman–Crippen LogP) is 5.14. The Bertz CT molecular complexity index is 1210. The zero-order chi connectivity index (χ0) is 20.5. The van der Waals surface area contributed by atoms with Gasteiger partial charge in [-0.15, -0.1) is 0 Å². The fourth-order valence-corrected chi connectivity index (χ4v) is 4.10. The summed E-state index contributed by atoms with van der Waals surface area (Å²) < 4.78 is 10.7. The largest absolute Gasteiger partial charge is 0.493 e. The van der Waals surface area contributed by atoms with Crippen LogP contribution < -0.4 is 14.8 Å². The maximum atomic E-state index is 5.41. The molecule has 2 heterocycles. The zero-order valence-electron chi connectivity index (χ0n) is 16.7. The first-order valence-corrected chi connectivity index (χ1v) is 10.5. The summed E-state index contributed by atoms with van der Waals surface area (Å²) in [6, 6.07) is 15.8. The van der Waals surface area contributed by atoms with Gasteiger partial charge >= 0.3 is 0 Å². The number of nitrogens with zero attached hydrogens (tertiary/aromatic N) is 3. The van der Waals surface area contributed by atoms with E-state index in [9.17, 15) is 0 Å². The van der Waals surface area contributed by atoms with Crippen LogP contribution in [0.4, 0.5) is 11.6 Å². The second-order valence-electron chi connectivity index (χ2n) is 7.10. The van der Waals surface area contributed by atoms with E-state index in [1.54, 1.807) is 14.2 Å². The lowest BCUT2D eigenvalue weighted by Gasteiger charge is -2.11. The number of ether oxygens (including phenoxy) is 2. The summed E-state index contributed by atoms with van der Waals surface area (Å²) in [4.78, 5) is 10.5. The molecule has 30 heavy (non-hydrogen) atoms. The van der Waals surface area contributed by atoms with Gasteiger partial charge in [-0.1, -0.05) is 12.1 Å². The van der Waals surface area contributed by atoms with Gasteiger partial charge in [0.2, 0.25) is 0 Å². The van der Waals surface area contributed by atoms with Gasteiger partial charge in [-0.05, 0) is 54.9 Å². The van der Waals surface area contributed by atoms with Crippen molar-refractivity contribution >= 4 is 34.3 Å². The van der Waals surface area contributed by atoms with Gasteiger partial charge in [0, 0.05) is 28.0 Å². The van der Waals surface area contributed by atoms with Gasteiger partial charge in [0.25, 0.3) is 0 Å². The highest BCUT2D eigenvalue weighted by Gasteiger charge is 2.25. The molecule has 5 rings (SSSR count). The highest BCUT2D eigenvalue weighted by molar-refractivity contribution is 7.99. The fraction of sp³-hybridized carbons (Fsp3) is 0.227. The summed E-state index contributed by atoms with van der Waals surface area (Å²) in [7, 11) is 3.25. The molecule has 4 aromatic rings. The van der Waals surface area contributed by atoms with E-state index in [0.717, 1.165) is 27.4 Å². The number of methoxy groups -OCH3 is 2. The lowest BCUT2D eigenvalue weighted by atomic mass is 10.2. The van der Waals surface area contributed by atoms with Gasteiger partial charge in [-0.3, -0.25) is 5.10 Å². The molecule has 2 N–H and O–H groups in total. The Morgan fingerprint density at radius 3 is 2.63 bits per heavy atom. The van der Waals surface area contributed by atoms with Crippen LogP contribution in [0.3, 0.4) is 0 Å². The third-order valence-electron chi connectivity index (χ3n) is 5.01. The molecular weight excluding hydrogens is 398 g/mol. The molecule has 0 aliphatic heterocycles. The van der Waals surface area contributed by atoms with E-state index in [0.29, 0.717) is 22.6 Å². The third-order valence-corrected chi connectivity index (χ3v) is 5.86. The Kier molecular flexibility index (Phi) is 4.92. The summed E-state index contributed by atoms with van der Waals surface area (Å²) in [5.41, 5.74) is 2.05. The second kappa shape index (κ2) is 7.87. The number of fused-ring (bicyclic) bond motifs is 1. The molecule has 0 bridgehead atoms. The Morgan fingerprint density at radius 2 is 1.83 bits per heavy atom. The maximum absolute atomic E-state index is 5.41. The minimum atomic E-state index is 0.617. The number of aromatic nitrogens is 4. The highest BCUT2D eigenvalue weighted by Crippen LogP contribution is 2.40. The van der Waals surface area contributed by atoms with Crippen LogP contribution in [0.5, 0.6) is 11.5 Å². The number of H-pyrrole nitrogens is 1. The number of benzene rings is 2. The number of aromatic amines is 1. The lowest BCUT2D eigenvalue weighted by molar-refractivity contribution is 0.354. The number of anilines is 2. The standard InChI is InChI=1S/C22H21N5O2S/c1-28-18-10-9-14(11-19(18)29-2)30-22-23-16-6-4-3-5-15(16)21(25-22)24-20-12-17(26-27-20)13-7-8-13/h3-6,9-13H,7-8H2,1-2H3,(H2,23,24,25,26,27). The SMILES string of the molecule is COc1ccc(Sc2nc(Nc3cc(C4CC4)[nH]n3)c3ccccc3n2)cc1OC. The average molecular weight is 420 g/mol. The topological polar surface area (TPSA) is 85.0 Å². The van der Waals surface area contributed by atoms with Crippen LogP contribution in [0.15, 0.2) is 58.6 Å². The van der Waals surface area contributed by atoms with Gasteiger partial charge in [-0.2, -0.15) is 5.10 Å². The normalized spacial score (nSPS) is 13.4. The van der Waals surface area contributed by atoms with E-state index in [2.05, 4.69) is 21.6 Å². The van der Waals surface area contributed by atoms with Crippen LogP contribution in [-0.4, -0.2) is 34.4 Å². The summed E-state index contributed by atoms with van der Waals surface area (Å²) >= 11 is 1.47. The van der Waals surface area contributed by atoms with Gasteiger partial charge < -0.3 is 14.8 Å². The maximum Gasteiger partial charge on any atom is 0.195 e. The molecule has 2 aromatic carbocycles. The summed E-state index contributed by atoms with van der Waals surface area (Å²) in [6.45, 7) is 0. The fourth-order valence-electron chi connectivity index (χ4n) is 3.31. The molecule has 7 nitrogen and oxygen atoms in total. The Balaban J connectivity index is 1.48. The molecule has 0 atom stereocenters. The van der Waals surface area contributed by atoms with Gasteiger partial charge in [0.1, 0.15) is 5.82 Å². The number of nitrogens with one attached hydrogen (secondary N) is 2. The van der Waals surface area contributed by atoms with Crippen molar-refractivity contribution in [2.24, 2.45) is 0 Å². The molecule has 1 aliphatic carbocycles. The van der Waals surface area contributed by atoms with E-state index < -0.39 is 0 Å². The lowest BCUT2D eigenvalue weighted by Crippen LogP contribution is -1.99. The molecule has 0 radical (unpaired) electrons. The van der Waals surface area contributed by atoms with Crippen LogP contribution in [0.1, 0.15) is 24.5 Å². The minimum absolute atomic E-state index is 0.617. The molecule has 1 saturated carbocycles. The van der Waals surface area contributed by atoms with Crippen molar-refractivity contribution in [3.05, 3.63) is 54.2 Å². The monoisotopic (exact) mass is 419 g/mol. The van der Waals surface area contributed by atoms with Crippen molar-refractivity contribution in [1.29, 1.82) is 0 Å². The molecule has 2 aromatic heterocycles. The van der Waals surface area contributed by atoms with Crippen LogP contribution in [0.25, 0.3) is 10.9 Å². The average Bonchev–Trinajstić information content (AvgIpc) is 3.52. The molecule has 152 valence electrons. The van der Waals surface area contributed by atoms with E-state index in [1.165, 1.54) is 30.3 Å². The van der Waals surface area contributed by atoms with Crippen molar-refractivity contribution in [2.75, 3.05) is 19.5 Å². The minimum Gasteiger partial charge on any atom is -0.493 e. The van der Waals surface area contributed by atoms with Crippen molar-refractivity contribution < 1.29 is 9.47 Å². The molecule has 1 fully saturated rings. The van der Waals surface area contributed by atoms with Crippen molar-refractivity contribution in [3.63, 3.8) is 0 Å². The first-order chi connectivity index (χ1) is 14.7. The van der Waals surface area contributed by atoms with Crippen LogP contribution in [-0.2, 0) is 0 Å². The quantitative estimate of drug-likeness (QED) is 0.401. The molecule has 8 heteroatoms. The molecule has 0 unspecified atom stereocenters. The summed E-state index contributed by atoms with van der Waals surface area (Å²) in [6.07, 6.45) is 2.45. The van der Waals surface area contributed by atoms with E-state index >= 15 is 0 Å². The van der Waals surface area contributed by atoms with Gasteiger partial charge in [0.05, 0.1) is 19.7 Å². The summed E-state index contributed by atoms with van der Waals surface area (Å²) in [5.74, 6) is 3.48. The van der Waals surface area contributed by atoms with Crippen molar-refractivity contribution in [3.8, 4) is 11.5 Å². The van der Waals surface area contributed by atoms with Gasteiger partial charge in [0.15, 0.2) is 22.5 Å². The first kappa shape index (κ1) is 18.7. The molecule has 0 amide bonds. The van der Waals surface area contributed by atoms with Gasteiger partial charge in [-0.25, -0.2) is 9.97 Å². The number of hydrogen-bond acceptors (Lipinski definition) is 7. The van der Waals surface area contributed by atoms with Crippen LogP contribution in [0, 0.1) is 0 Å². The first-order valence-electron chi connectivity index (χ1n) is 9.72. The van der Waals surface area contributed by atoms with E-state index in [-0.39, 0.29) is 0 Å². The van der Waals surface area contributed by atoms with E-state index in [1.807, 2.05) is 42.5 Å². The number of para-hydroxylation sites is 1. The Labute approximate surface area is 178 Å². The van der Waals surface area contributed by atoms with Crippen LogP contribution in [0.2, 0.25) is 0 Å². The highest BCUT2D eigenvalue weighted by atomic mass is 32.2. The molecule has 0 saturated heterocycles. The molecular formula is C22H21N5O2S. The third kappa shape index (κ3) is 3.78. The Morgan fingerprint density at radius 1 is 1.00 bits per heavy atom. The van der Waals surface area contributed by atoms with Crippen molar-refractivity contribution in [2.45, 2.75) is 28.8 Å². The molecule has 1 aliphatic rings. The Hall–Kier alpha value is -3.26. The second-order valence-corrected chi connectivity index (χ2v) is 8.14. The molecule has 0 spiro atoms. The predicted molar refractivity (Wildman–Crippen MR) is 117 cm³/mol.